The van der Waals surface area contributed by atoms with Gasteiger partial charge < -0.3 is 15.3 Å². The monoisotopic (exact) mass is 268 g/mol. The van der Waals surface area contributed by atoms with Gasteiger partial charge in [-0.2, -0.15) is 0 Å². The van der Waals surface area contributed by atoms with Crippen molar-refractivity contribution in [2.45, 2.75) is 52.5 Å². The minimum absolute atomic E-state index is 0.253. The summed E-state index contributed by atoms with van der Waals surface area (Å²) < 4.78 is 0. The van der Waals surface area contributed by atoms with Gasteiger partial charge in [0.05, 0.1) is 6.61 Å². The van der Waals surface area contributed by atoms with Crippen LogP contribution in [0.3, 0.4) is 0 Å². The second-order valence-corrected chi connectivity index (χ2v) is 7.90. The lowest BCUT2D eigenvalue weighted by atomic mass is 9.80. The molecule has 2 N–H and O–H groups in total. The van der Waals surface area contributed by atoms with Crippen molar-refractivity contribution in [2.24, 2.45) is 17.3 Å². The van der Waals surface area contributed by atoms with Gasteiger partial charge in [0, 0.05) is 32.2 Å². The molecule has 2 aliphatic rings. The SMILES string of the molecule is CC(C)(C)CC1CC(NCCO)CN(CC2CC2)C1. The molecule has 2 unspecified atom stereocenters. The number of nitrogens with zero attached hydrogens (tertiary/aromatic N) is 1. The predicted molar refractivity (Wildman–Crippen MR) is 80.2 cm³/mol. The first-order valence-electron chi connectivity index (χ1n) is 8.03. The van der Waals surface area contributed by atoms with Crippen LogP contribution in [0.5, 0.6) is 0 Å². The summed E-state index contributed by atoms with van der Waals surface area (Å²) in [4.78, 5) is 2.67. The summed E-state index contributed by atoms with van der Waals surface area (Å²) in [6.45, 7) is 11.8. The first-order chi connectivity index (χ1) is 8.96. The van der Waals surface area contributed by atoms with Crippen LogP contribution in [0.1, 0.15) is 46.5 Å². The van der Waals surface area contributed by atoms with E-state index in [4.69, 9.17) is 5.11 Å². The minimum atomic E-state index is 0.253. The molecule has 3 nitrogen and oxygen atoms in total. The number of hydrogen-bond donors (Lipinski definition) is 2. The summed E-state index contributed by atoms with van der Waals surface area (Å²) >= 11 is 0. The Morgan fingerprint density at radius 3 is 2.47 bits per heavy atom. The fourth-order valence-corrected chi connectivity index (χ4v) is 3.55. The number of hydrogen-bond acceptors (Lipinski definition) is 3. The van der Waals surface area contributed by atoms with Crippen LogP contribution in [0.25, 0.3) is 0 Å². The Labute approximate surface area is 118 Å². The molecule has 1 saturated heterocycles. The van der Waals surface area contributed by atoms with Crippen molar-refractivity contribution in [1.82, 2.24) is 10.2 Å². The van der Waals surface area contributed by atoms with E-state index in [9.17, 15) is 0 Å². The molecule has 1 saturated carbocycles. The highest BCUT2D eigenvalue weighted by atomic mass is 16.3. The Morgan fingerprint density at radius 1 is 1.16 bits per heavy atom. The van der Waals surface area contributed by atoms with Gasteiger partial charge in [0.2, 0.25) is 0 Å². The Morgan fingerprint density at radius 2 is 1.89 bits per heavy atom. The third-order valence-corrected chi connectivity index (χ3v) is 4.27. The first-order valence-corrected chi connectivity index (χ1v) is 8.03. The molecule has 0 spiro atoms. The van der Waals surface area contributed by atoms with Crippen LogP contribution in [0, 0.1) is 17.3 Å². The fourth-order valence-electron chi connectivity index (χ4n) is 3.55. The Hall–Kier alpha value is -0.120. The molecule has 2 fully saturated rings. The van der Waals surface area contributed by atoms with Gasteiger partial charge in [-0.1, -0.05) is 20.8 Å². The van der Waals surface area contributed by atoms with Gasteiger partial charge in [0.1, 0.15) is 0 Å². The maximum atomic E-state index is 8.99. The number of aliphatic hydroxyl groups excluding tert-OH is 1. The van der Waals surface area contributed by atoms with Gasteiger partial charge in [-0.15, -0.1) is 0 Å². The van der Waals surface area contributed by atoms with E-state index in [0.717, 1.165) is 18.4 Å². The van der Waals surface area contributed by atoms with E-state index in [1.54, 1.807) is 0 Å². The average molecular weight is 268 g/mol. The average Bonchev–Trinajstić information content (AvgIpc) is 3.07. The zero-order valence-corrected chi connectivity index (χ0v) is 13.0. The molecule has 1 aliphatic carbocycles. The van der Waals surface area contributed by atoms with Crippen molar-refractivity contribution in [2.75, 3.05) is 32.8 Å². The summed E-state index contributed by atoms with van der Waals surface area (Å²) in [5.41, 5.74) is 0.425. The Bertz CT molecular complexity index is 270. The van der Waals surface area contributed by atoms with E-state index in [0.29, 0.717) is 11.5 Å². The fraction of sp³-hybridized carbons (Fsp3) is 1.00. The standard InChI is InChI=1S/C16H32N2O/c1-16(2,3)9-14-8-15(17-6-7-19)12-18(11-14)10-13-4-5-13/h13-15,17,19H,4-12H2,1-3H3. The van der Waals surface area contributed by atoms with Crippen LogP contribution in [0.15, 0.2) is 0 Å². The van der Waals surface area contributed by atoms with Crippen molar-refractivity contribution in [3.63, 3.8) is 0 Å². The lowest BCUT2D eigenvalue weighted by Gasteiger charge is -2.40. The van der Waals surface area contributed by atoms with Crippen LogP contribution >= 0.6 is 0 Å². The van der Waals surface area contributed by atoms with Crippen LogP contribution < -0.4 is 5.32 Å². The Balaban J connectivity index is 1.86. The van der Waals surface area contributed by atoms with Gasteiger partial charge in [-0.3, -0.25) is 0 Å². The smallest absolute Gasteiger partial charge is 0.0556 e. The van der Waals surface area contributed by atoms with Crippen LogP contribution in [-0.2, 0) is 0 Å². The maximum Gasteiger partial charge on any atom is 0.0556 e. The lowest BCUT2D eigenvalue weighted by Crippen LogP contribution is -2.50. The molecule has 0 bridgehead atoms. The summed E-state index contributed by atoms with van der Waals surface area (Å²) in [6, 6.07) is 0.576. The summed E-state index contributed by atoms with van der Waals surface area (Å²) in [5, 5.41) is 12.5. The highest BCUT2D eigenvalue weighted by molar-refractivity contribution is 4.88. The number of rotatable bonds is 6. The van der Waals surface area contributed by atoms with Gasteiger partial charge in [0.15, 0.2) is 0 Å². The summed E-state index contributed by atoms with van der Waals surface area (Å²) in [6.07, 6.45) is 5.47. The van der Waals surface area contributed by atoms with E-state index in [2.05, 4.69) is 31.0 Å². The molecule has 112 valence electrons. The quantitative estimate of drug-likeness (QED) is 0.774. The molecular formula is C16H32N2O. The second-order valence-electron chi connectivity index (χ2n) is 7.90. The number of likely N-dealkylation sites (tertiary alicyclic amines) is 1. The largest absolute Gasteiger partial charge is 0.395 e. The summed E-state index contributed by atoms with van der Waals surface area (Å²) in [7, 11) is 0. The van der Waals surface area contributed by atoms with Gasteiger partial charge in [0.25, 0.3) is 0 Å². The van der Waals surface area contributed by atoms with E-state index < -0.39 is 0 Å². The van der Waals surface area contributed by atoms with Gasteiger partial charge >= 0.3 is 0 Å². The van der Waals surface area contributed by atoms with E-state index in [-0.39, 0.29) is 6.61 Å². The van der Waals surface area contributed by atoms with Crippen molar-refractivity contribution in [1.29, 1.82) is 0 Å². The van der Waals surface area contributed by atoms with Crippen molar-refractivity contribution in [3.05, 3.63) is 0 Å². The van der Waals surface area contributed by atoms with Gasteiger partial charge in [-0.25, -0.2) is 0 Å². The van der Waals surface area contributed by atoms with Crippen molar-refractivity contribution < 1.29 is 5.11 Å². The van der Waals surface area contributed by atoms with Crippen molar-refractivity contribution in [3.8, 4) is 0 Å². The predicted octanol–water partition coefficient (Wildman–Crippen LogP) is 2.10. The molecule has 0 aromatic rings. The zero-order valence-electron chi connectivity index (χ0n) is 13.0. The first kappa shape index (κ1) is 15.3. The molecule has 19 heavy (non-hydrogen) atoms. The third-order valence-electron chi connectivity index (χ3n) is 4.27. The van der Waals surface area contributed by atoms with E-state index in [1.165, 1.54) is 45.3 Å². The van der Waals surface area contributed by atoms with E-state index >= 15 is 0 Å². The minimum Gasteiger partial charge on any atom is -0.395 e. The second kappa shape index (κ2) is 6.55. The van der Waals surface area contributed by atoms with Gasteiger partial charge in [-0.05, 0) is 42.9 Å². The molecule has 0 aromatic heterocycles. The lowest BCUT2D eigenvalue weighted by molar-refractivity contribution is 0.107. The number of aliphatic hydroxyl groups is 1. The van der Waals surface area contributed by atoms with E-state index in [1.807, 2.05) is 0 Å². The Kier molecular flexibility index (Phi) is 5.27. The molecule has 3 heteroatoms. The molecule has 0 aromatic carbocycles. The molecule has 2 rings (SSSR count). The zero-order chi connectivity index (χ0) is 13.9. The maximum absolute atomic E-state index is 8.99. The topological polar surface area (TPSA) is 35.5 Å². The molecule has 1 aliphatic heterocycles. The normalized spacial score (nSPS) is 29.7. The number of piperidine rings is 1. The highest BCUT2D eigenvalue weighted by Crippen LogP contribution is 2.34. The van der Waals surface area contributed by atoms with Crippen LogP contribution in [0.4, 0.5) is 0 Å². The third kappa shape index (κ3) is 5.80. The van der Waals surface area contributed by atoms with Crippen LogP contribution in [-0.4, -0.2) is 48.8 Å². The molecule has 0 radical (unpaired) electrons. The van der Waals surface area contributed by atoms with Crippen LogP contribution in [0.2, 0.25) is 0 Å². The molecular weight excluding hydrogens is 236 g/mol. The summed E-state index contributed by atoms with van der Waals surface area (Å²) in [5.74, 6) is 1.79. The van der Waals surface area contributed by atoms with Crippen molar-refractivity contribution >= 4 is 0 Å². The highest BCUT2D eigenvalue weighted by Gasteiger charge is 2.32. The molecule has 2 atom stereocenters. The number of nitrogens with one attached hydrogen (secondary N) is 1. The molecule has 1 heterocycles. The molecule has 0 amide bonds.